The molecule has 0 saturated heterocycles. The molecule has 0 unspecified atom stereocenters. The molecule has 0 bridgehead atoms. The van der Waals surface area contributed by atoms with E-state index in [1.54, 1.807) is 29.2 Å². The maximum atomic E-state index is 11.9. The Morgan fingerprint density at radius 3 is 2.83 bits per heavy atom. The smallest absolute Gasteiger partial charge is 0.252 e. The van der Waals surface area contributed by atoms with E-state index in [2.05, 4.69) is 20.7 Å². The third-order valence-corrected chi connectivity index (χ3v) is 3.60. The number of nitrogens with one attached hydrogen (secondary N) is 2. The summed E-state index contributed by atoms with van der Waals surface area (Å²) in [5, 5.41) is 9.82. The zero-order chi connectivity index (χ0) is 17.4. The second-order valence-electron chi connectivity index (χ2n) is 5.26. The van der Waals surface area contributed by atoms with Crippen molar-refractivity contribution in [3.8, 4) is 0 Å². The molecule has 0 saturated carbocycles. The van der Waals surface area contributed by atoms with Gasteiger partial charge < -0.3 is 10.6 Å². The highest BCUT2D eigenvalue weighted by molar-refractivity contribution is 6.34. The van der Waals surface area contributed by atoms with Crippen LogP contribution in [0.4, 0.5) is 5.69 Å². The molecule has 0 aliphatic heterocycles. The van der Waals surface area contributed by atoms with Gasteiger partial charge in [-0.15, -0.1) is 0 Å². The summed E-state index contributed by atoms with van der Waals surface area (Å²) >= 11 is 6.13. The van der Waals surface area contributed by atoms with E-state index in [4.69, 9.17) is 11.6 Å². The van der Waals surface area contributed by atoms with Gasteiger partial charge in [0.25, 0.3) is 5.91 Å². The van der Waals surface area contributed by atoms with Crippen molar-refractivity contribution in [1.29, 1.82) is 0 Å². The normalized spacial score (nSPS) is 10.4. The summed E-state index contributed by atoms with van der Waals surface area (Å²) in [4.78, 5) is 27.7. The number of hydrogen-bond acceptors (Lipinski definition) is 4. The van der Waals surface area contributed by atoms with Crippen LogP contribution in [0.25, 0.3) is 0 Å². The summed E-state index contributed by atoms with van der Waals surface area (Å²) in [5.41, 5.74) is 0.965. The fraction of sp³-hybridized carbons (Fsp3) is 0.375. The zero-order valence-corrected chi connectivity index (χ0v) is 14.2. The van der Waals surface area contributed by atoms with Crippen molar-refractivity contribution >= 4 is 29.1 Å². The molecule has 8 heteroatoms. The predicted molar refractivity (Wildman–Crippen MR) is 92.0 cm³/mol. The Morgan fingerprint density at radius 2 is 2.17 bits per heavy atom. The number of benzene rings is 1. The Morgan fingerprint density at radius 1 is 1.33 bits per heavy atom. The molecule has 1 aromatic heterocycles. The second-order valence-corrected chi connectivity index (χ2v) is 5.67. The van der Waals surface area contributed by atoms with Crippen LogP contribution in [0.1, 0.15) is 36.5 Å². The molecule has 0 radical (unpaired) electrons. The summed E-state index contributed by atoms with van der Waals surface area (Å²) in [7, 11) is 0. The maximum absolute atomic E-state index is 11.9. The predicted octanol–water partition coefficient (Wildman–Crippen LogP) is 2.49. The molecule has 24 heavy (non-hydrogen) atoms. The van der Waals surface area contributed by atoms with Gasteiger partial charge in [0.15, 0.2) is 0 Å². The van der Waals surface area contributed by atoms with Crippen LogP contribution in [-0.4, -0.2) is 33.1 Å². The number of amides is 2. The van der Waals surface area contributed by atoms with E-state index in [1.807, 2.05) is 6.92 Å². The Kier molecular flexibility index (Phi) is 6.74. The van der Waals surface area contributed by atoms with Crippen LogP contribution in [0.2, 0.25) is 5.02 Å². The number of rotatable bonds is 8. The number of nitrogens with zero attached hydrogens (tertiary/aromatic N) is 3. The molecule has 0 fully saturated rings. The van der Waals surface area contributed by atoms with Crippen LogP contribution in [0.3, 0.4) is 0 Å². The van der Waals surface area contributed by atoms with Crippen LogP contribution < -0.4 is 10.6 Å². The molecule has 0 aliphatic rings. The van der Waals surface area contributed by atoms with Gasteiger partial charge in [-0.2, -0.15) is 5.10 Å². The lowest BCUT2D eigenvalue weighted by Crippen LogP contribution is -2.24. The van der Waals surface area contributed by atoms with E-state index in [9.17, 15) is 9.59 Å². The molecule has 2 aromatic rings. The van der Waals surface area contributed by atoms with E-state index in [-0.39, 0.29) is 11.8 Å². The average molecular weight is 350 g/mol. The van der Waals surface area contributed by atoms with Gasteiger partial charge in [0.2, 0.25) is 5.91 Å². The second kappa shape index (κ2) is 9.02. The first-order valence-electron chi connectivity index (χ1n) is 7.80. The minimum Gasteiger partial charge on any atom is -0.352 e. The molecule has 1 aromatic carbocycles. The highest BCUT2D eigenvalue weighted by atomic mass is 35.5. The van der Waals surface area contributed by atoms with Crippen molar-refractivity contribution in [3.63, 3.8) is 0 Å². The van der Waals surface area contributed by atoms with Gasteiger partial charge in [-0.1, -0.05) is 18.5 Å². The van der Waals surface area contributed by atoms with E-state index in [0.717, 1.165) is 6.42 Å². The SMILES string of the molecule is CCCNC(=O)c1ccc(NC(=O)CCCn2cncn2)cc1Cl. The summed E-state index contributed by atoms with van der Waals surface area (Å²) in [6, 6.07) is 4.86. The first-order valence-corrected chi connectivity index (χ1v) is 8.18. The topological polar surface area (TPSA) is 88.9 Å². The Bertz CT molecular complexity index is 688. The fourth-order valence-corrected chi connectivity index (χ4v) is 2.35. The highest BCUT2D eigenvalue weighted by Crippen LogP contribution is 2.21. The van der Waals surface area contributed by atoms with Gasteiger partial charge in [0, 0.05) is 25.2 Å². The van der Waals surface area contributed by atoms with E-state index in [1.165, 1.54) is 6.33 Å². The third-order valence-electron chi connectivity index (χ3n) is 3.29. The quantitative estimate of drug-likeness (QED) is 0.766. The molecule has 2 rings (SSSR count). The molecular weight excluding hydrogens is 330 g/mol. The summed E-state index contributed by atoms with van der Waals surface area (Å²) < 4.78 is 1.67. The standard InChI is InChI=1S/C16H20ClN5O2/c1-2-7-19-16(24)13-6-5-12(9-14(13)17)21-15(23)4-3-8-22-11-18-10-20-22/h5-6,9-11H,2-4,7-8H2,1H3,(H,19,24)(H,21,23). The first kappa shape index (κ1) is 17.9. The van der Waals surface area contributed by atoms with Crippen molar-refractivity contribution in [2.75, 3.05) is 11.9 Å². The molecule has 1 heterocycles. The number of anilines is 1. The average Bonchev–Trinajstić information content (AvgIpc) is 3.06. The minimum absolute atomic E-state index is 0.116. The summed E-state index contributed by atoms with van der Waals surface area (Å²) in [6.45, 7) is 3.20. The van der Waals surface area contributed by atoms with Gasteiger partial charge >= 0.3 is 0 Å². The van der Waals surface area contributed by atoms with Crippen LogP contribution in [0.5, 0.6) is 0 Å². The van der Waals surface area contributed by atoms with Crippen molar-refractivity contribution in [3.05, 3.63) is 41.4 Å². The Balaban J connectivity index is 1.84. The van der Waals surface area contributed by atoms with Crippen molar-refractivity contribution in [1.82, 2.24) is 20.1 Å². The first-order chi connectivity index (χ1) is 11.6. The maximum Gasteiger partial charge on any atom is 0.252 e. The largest absolute Gasteiger partial charge is 0.352 e. The van der Waals surface area contributed by atoms with E-state index >= 15 is 0 Å². The Labute approximate surface area is 145 Å². The van der Waals surface area contributed by atoms with Gasteiger partial charge in [0.05, 0.1) is 10.6 Å². The number of carbonyl (C=O) groups excluding carboxylic acids is 2. The van der Waals surface area contributed by atoms with Crippen molar-refractivity contribution in [2.45, 2.75) is 32.7 Å². The molecule has 2 amide bonds. The lowest BCUT2D eigenvalue weighted by Gasteiger charge is -2.09. The molecule has 7 nitrogen and oxygen atoms in total. The highest BCUT2D eigenvalue weighted by Gasteiger charge is 2.11. The van der Waals surface area contributed by atoms with Crippen LogP contribution in [0, 0.1) is 0 Å². The molecule has 128 valence electrons. The number of aromatic nitrogens is 3. The number of aryl methyl sites for hydroxylation is 1. The van der Waals surface area contributed by atoms with Gasteiger partial charge in [-0.25, -0.2) is 4.98 Å². The lowest BCUT2D eigenvalue weighted by molar-refractivity contribution is -0.116. The minimum atomic E-state index is -0.215. The molecule has 0 atom stereocenters. The van der Waals surface area contributed by atoms with Crippen molar-refractivity contribution < 1.29 is 9.59 Å². The molecule has 2 N–H and O–H groups in total. The van der Waals surface area contributed by atoms with Crippen LogP contribution >= 0.6 is 11.6 Å². The number of halogens is 1. The molecule has 0 aliphatic carbocycles. The van der Waals surface area contributed by atoms with Crippen molar-refractivity contribution in [2.24, 2.45) is 0 Å². The molecule has 0 spiro atoms. The fourth-order valence-electron chi connectivity index (χ4n) is 2.08. The van der Waals surface area contributed by atoms with E-state index < -0.39 is 0 Å². The third kappa shape index (κ3) is 5.34. The number of carbonyl (C=O) groups is 2. The van der Waals surface area contributed by atoms with Gasteiger partial charge in [0.1, 0.15) is 12.7 Å². The zero-order valence-electron chi connectivity index (χ0n) is 13.5. The van der Waals surface area contributed by atoms with Crippen LogP contribution in [-0.2, 0) is 11.3 Å². The Hall–Kier alpha value is -2.41. The molecular formula is C16H20ClN5O2. The van der Waals surface area contributed by atoms with Gasteiger partial charge in [-0.05, 0) is 31.0 Å². The summed E-state index contributed by atoms with van der Waals surface area (Å²) in [5.74, 6) is -0.332. The number of hydrogen-bond donors (Lipinski definition) is 2. The summed E-state index contributed by atoms with van der Waals surface area (Å²) in [6.07, 6.45) is 4.93. The van der Waals surface area contributed by atoms with E-state index in [0.29, 0.717) is 42.2 Å². The van der Waals surface area contributed by atoms with Gasteiger partial charge in [-0.3, -0.25) is 14.3 Å². The van der Waals surface area contributed by atoms with Crippen LogP contribution in [0.15, 0.2) is 30.9 Å². The lowest BCUT2D eigenvalue weighted by atomic mass is 10.2. The monoisotopic (exact) mass is 349 g/mol.